The lowest BCUT2D eigenvalue weighted by atomic mass is 9.97. The fraction of sp³-hybridized carbons (Fsp3) is 0.310. The van der Waals surface area contributed by atoms with Crippen LogP contribution in [0, 0.1) is 17.0 Å². The van der Waals surface area contributed by atoms with E-state index in [0.29, 0.717) is 18.5 Å². The Morgan fingerprint density at radius 3 is 2.62 bits per heavy atom. The first-order chi connectivity index (χ1) is 18.8. The Hall–Kier alpha value is -4.28. The number of aliphatic carboxylic acids is 1. The number of nitrogens with zero attached hydrogens (tertiary/aromatic N) is 2. The van der Waals surface area contributed by atoms with E-state index >= 15 is 0 Å². The molecule has 1 aliphatic rings. The van der Waals surface area contributed by atoms with Crippen LogP contribution in [0.3, 0.4) is 0 Å². The van der Waals surface area contributed by atoms with Crippen molar-refractivity contribution >= 4 is 17.6 Å². The van der Waals surface area contributed by atoms with E-state index < -0.39 is 35.5 Å². The summed E-state index contributed by atoms with van der Waals surface area (Å²) in [6.07, 6.45) is 1.24. The minimum atomic E-state index is -1.38. The van der Waals surface area contributed by atoms with Crippen LogP contribution < -0.4 is 10.1 Å². The number of ether oxygens (including phenoxy) is 1. The maximum atomic E-state index is 12.7. The lowest BCUT2D eigenvalue weighted by Gasteiger charge is -2.25. The second-order valence-corrected chi connectivity index (χ2v) is 9.51. The van der Waals surface area contributed by atoms with Crippen molar-refractivity contribution in [3.05, 3.63) is 93.5 Å². The fourth-order valence-corrected chi connectivity index (χ4v) is 4.85. The summed E-state index contributed by atoms with van der Waals surface area (Å²) in [6, 6.07) is 18.7. The van der Waals surface area contributed by atoms with Gasteiger partial charge in [0.25, 0.3) is 0 Å². The molecule has 1 saturated heterocycles. The number of nitro benzene ring substituents is 1. The summed E-state index contributed by atoms with van der Waals surface area (Å²) in [6.45, 7) is 2.31. The number of hydrogen-bond acceptors (Lipinski definition) is 7. The highest BCUT2D eigenvalue weighted by atomic mass is 16.6. The molecule has 3 aromatic carbocycles. The third-order valence-electron chi connectivity index (χ3n) is 6.98. The smallest absolute Gasteiger partial charge is 0.328 e. The normalized spacial score (nSPS) is 16.0. The van der Waals surface area contributed by atoms with Gasteiger partial charge in [-0.1, -0.05) is 54.6 Å². The van der Waals surface area contributed by atoms with Gasteiger partial charge in [-0.15, -0.1) is 0 Å². The van der Waals surface area contributed by atoms with Crippen LogP contribution in [0.15, 0.2) is 66.7 Å². The Balaban J connectivity index is 1.47. The second-order valence-electron chi connectivity index (χ2n) is 9.51. The van der Waals surface area contributed by atoms with Crippen molar-refractivity contribution in [1.29, 1.82) is 0 Å². The maximum Gasteiger partial charge on any atom is 0.328 e. The molecular weight excluding hydrogens is 502 g/mol. The molecule has 10 nitrogen and oxygen atoms in total. The molecule has 4 rings (SSSR count). The van der Waals surface area contributed by atoms with Crippen LogP contribution in [0.2, 0.25) is 0 Å². The molecular formula is C29H31N3O7. The van der Waals surface area contributed by atoms with E-state index in [9.17, 15) is 24.8 Å². The molecule has 0 bridgehead atoms. The number of likely N-dealkylation sites (tertiary alicyclic amines) is 1. The van der Waals surface area contributed by atoms with E-state index in [4.69, 9.17) is 9.84 Å². The van der Waals surface area contributed by atoms with Gasteiger partial charge in [-0.3, -0.25) is 19.8 Å². The molecule has 39 heavy (non-hydrogen) atoms. The summed E-state index contributed by atoms with van der Waals surface area (Å²) in [7, 11) is 0. The molecule has 0 spiro atoms. The van der Waals surface area contributed by atoms with Gasteiger partial charge in [0.05, 0.1) is 17.6 Å². The lowest BCUT2D eigenvalue weighted by molar-refractivity contribution is -0.386. The van der Waals surface area contributed by atoms with Crippen LogP contribution in [0.5, 0.6) is 5.75 Å². The molecule has 1 aliphatic heterocycles. The fourth-order valence-electron chi connectivity index (χ4n) is 4.85. The van der Waals surface area contributed by atoms with E-state index in [-0.39, 0.29) is 24.6 Å². The molecule has 3 N–H and O–H groups in total. The number of carbonyl (C=O) groups excluding carboxylic acids is 1. The molecule has 0 radical (unpaired) electrons. The lowest BCUT2D eigenvalue weighted by Crippen LogP contribution is -2.50. The molecule has 1 fully saturated rings. The van der Waals surface area contributed by atoms with Crippen LogP contribution >= 0.6 is 0 Å². The number of hydrogen-bond donors (Lipinski definition) is 3. The highest BCUT2D eigenvalue weighted by Crippen LogP contribution is 2.32. The first kappa shape index (κ1) is 27.7. The number of benzene rings is 3. The number of aliphatic hydroxyl groups excluding tert-OH is 1. The number of aliphatic hydroxyl groups is 1. The third-order valence-corrected chi connectivity index (χ3v) is 6.98. The Morgan fingerprint density at radius 1 is 1.15 bits per heavy atom. The molecule has 1 unspecified atom stereocenters. The van der Waals surface area contributed by atoms with Gasteiger partial charge in [0, 0.05) is 12.6 Å². The van der Waals surface area contributed by atoms with Crippen molar-refractivity contribution in [1.82, 2.24) is 10.2 Å². The number of nitrogens with one attached hydrogen (secondary N) is 1. The largest absolute Gasteiger partial charge is 0.482 e. The Kier molecular flexibility index (Phi) is 8.90. The van der Waals surface area contributed by atoms with Gasteiger partial charge >= 0.3 is 11.7 Å². The maximum absolute atomic E-state index is 12.7. The first-order valence-corrected chi connectivity index (χ1v) is 12.7. The second kappa shape index (κ2) is 12.5. The van der Waals surface area contributed by atoms with E-state index in [0.717, 1.165) is 28.7 Å². The molecule has 0 aromatic heterocycles. The highest BCUT2D eigenvalue weighted by Gasteiger charge is 2.33. The van der Waals surface area contributed by atoms with Gasteiger partial charge in [-0.2, -0.15) is 0 Å². The van der Waals surface area contributed by atoms with Gasteiger partial charge in [0.2, 0.25) is 5.91 Å². The van der Waals surface area contributed by atoms with Crippen LogP contribution in [0.25, 0.3) is 11.1 Å². The van der Waals surface area contributed by atoms with Gasteiger partial charge in [-0.25, -0.2) is 4.79 Å². The third kappa shape index (κ3) is 6.60. The van der Waals surface area contributed by atoms with E-state index in [2.05, 4.69) is 5.32 Å². The molecule has 2 atom stereocenters. The molecule has 0 saturated carbocycles. The predicted molar refractivity (Wildman–Crippen MR) is 144 cm³/mol. The van der Waals surface area contributed by atoms with Crippen molar-refractivity contribution in [2.24, 2.45) is 0 Å². The average Bonchev–Trinajstić information content (AvgIpc) is 3.40. The predicted octanol–water partition coefficient (Wildman–Crippen LogP) is 3.68. The summed E-state index contributed by atoms with van der Waals surface area (Å²) in [5.41, 5.74) is 4.56. The molecule has 0 aliphatic carbocycles. The summed E-state index contributed by atoms with van der Waals surface area (Å²) in [4.78, 5) is 37.1. The monoisotopic (exact) mass is 533 g/mol. The minimum absolute atomic E-state index is 0.149. The van der Waals surface area contributed by atoms with E-state index in [1.54, 1.807) is 12.1 Å². The van der Waals surface area contributed by atoms with Crippen molar-refractivity contribution in [3.63, 3.8) is 0 Å². The minimum Gasteiger partial charge on any atom is -0.482 e. The Bertz CT molecular complexity index is 1350. The number of carboxylic acid groups (broad SMARTS) is 1. The number of carbonyl (C=O) groups is 2. The van der Waals surface area contributed by atoms with Gasteiger partial charge < -0.3 is 20.3 Å². The molecule has 204 valence electrons. The SMILES string of the molecule is Cc1c(COc2ccc(CN3CCC[C@H]3C(=O)NC(CO)C(=O)O)cc2[N+](=O)[O-])cccc1-c1ccccc1. The Morgan fingerprint density at radius 2 is 1.92 bits per heavy atom. The summed E-state index contributed by atoms with van der Waals surface area (Å²) < 4.78 is 5.92. The number of carboxylic acids is 1. The van der Waals surface area contributed by atoms with Gasteiger partial charge in [-0.05, 0) is 60.2 Å². The highest BCUT2D eigenvalue weighted by molar-refractivity contribution is 5.87. The Labute approximate surface area is 226 Å². The average molecular weight is 534 g/mol. The van der Waals surface area contributed by atoms with Crippen LogP contribution in [0.4, 0.5) is 5.69 Å². The quantitative estimate of drug-likeness (QED) is 0.250. The first-order valence-electron chi connectivity index (χ1n) is 12.7. The van der Waals surface area contributed by atoms with Crippen molar-refractivity contribution < 1.29 is 29.5 Å². The zero-order chi connectivity index (χ0) is 27.9. The molecule has 3 aromatic rings. The molecule has 1 amide bonds. The van der Waals surface area contributed by atoms with Crippen molar-refractivity contribution in [2.75, 3.05) is 13.2 Å². The zero-order valence-corrected chi connectivity index (χ0v) is 21.6. The molecule has 10 heteroatoms. The van der Waals surface area contributed by atoms with E-state index in [1.165, 1.54) is 6.07 Å². The van der Waals surface area contributed by atoms with Crippen LogP contribution in [-0.2, 0) is 22.7 Å². The summed E-state index contributed by atoms with van der Waals surface area (Å²) in [5.74, 6) is -1.66. The van der Waals surface area contributed by atoms with Gasteiger partial charge in [0.1, 0.15) is 12.6 Å². The van der Waals surface area contributed by atoms with Gasteiger partial charge in [0.15, 0.2) is 5.75 Å². The standard InChI is InChI=1S/C29H31N3O7/c1-19-22(9-5-10-23(19)21-7-3-2-4-8-21)18-39-27-13-12-20(15-26(27)32(37)38)16-31-14-6-11-25(31)28(34)30-24(17-33)29(35)36/h2-5,7-10,12-13,15,24-25,33H,6,11,14,16-18H2,1H3,(H,30,34)(H,35,36)/t24?,25-/m0/s1. The number of rotatable bonds is 11. The van der Waals surface area contributed by atoms with Crippen LogP contribution in [0.1, 0.15) is 29.5 Å². The number of nitro groups is 1. The topological polar surface area (TPSA) is 142 Å². The number of amides is 1. The summed E-state index contributed by atoms with van der Waals surface area (Å²) in [5, 5.41) is 32.6. The van der Waals surface area contributed by atoms with Crippen molar-refractivity contribution in [2.45, 2.75) is 45.0 Å². The van der Waals surface area contributed by atoms with Crippen molar-refractivity contribution in [3.8, 4) is 16.9 Å². The summed E-state index contributed by atoms with van der Waals surface area (Å²) >= 11 is 0. The zero-order valence-electron chi connectivity index (χ0n) is 21.6. The van der Waals surface area contributed by atoms with E-state index in [1.807, 2.05) is 60.4 Å². The van der Waals surface area contributed by atoms with Crippen LogP contribution in [-0.4, -0.2) is 57.1 Å². The molecule has 1 heterocycles.